The summed E-state index contributed by atoms with van der Waals surface area (Å²) in [6, 6.07) is 26.7. The second-order valence-corrected chi connectivity index (χ2v) is 12.3. The highest BCUT2D eigenvalue weighted by Gasteiger charge is 2.24. The zero-order valence-electron chi connectivity index (χ0n) is 15.5. The molecular formula is C22H25N3Si. The molecule has 0 radical (unpaired) electrons. The Labute approximate surface area is 156 Å². The van der Waals surface area contributed by atoms with Crippen LogP contribution < -0.4 is 5.19 Å². The van der Waals surface area contributed by atoms with Crippen molar-refractivity contribution in [2.24, 2.45) is 5.11 Å². The SMILES string of the molecule is C[Si](C)(CCC(Cc1cccc2ccccc12)N=[N+]=[N-])c1ccccc1. The van der Waals surface area contributed by atoms with Crippen LogP contribution >= 0.6 is 0 Å². The largest absolute Gasteiger partial charge is 0.0903 e. The van der Waals surface area contributed by atoms with E-state index in [0.717, 1.165) is 18.9 Å². The molecule has 4 heteroatoms. The van der Waals surface area contributed by atoms with Gasteiger partial charge < -0.3 is 0 Å². The topological polar surface area (TPSA) is 48.8 Å². The number of nitrogens with zero attached hydrogens (tertiary/aromatic N) is 3. The van der Waals surface area contributed by atoms with Crippen LogP contribution in [0.25, 0.3) is 21.2 Å². The minimum absolute atomic E-state index is 0.00120. The monoisotopic (exact) mass is 359 g/mol. The third-order valence-electron chi connectivity index (χ3n) is 5.21. The lowest BCUT2D eigenvalue weighted by Crippen LogP contribution is -2.41. The van der Waals surface area contributed by atoms with E-state index in [1.807, 2.05) is 0 Å². The molecule has 3 aromatic rings. The Morgan fingerprint density at radius 3 is 2.38 bits per heavy atom. The van der Waals surface area contributed by atoms with Crippen molar-refractivity contribution >= 4 is 24.0 Å². The number of fused-ring (bicyclic) bond motifs is 1. The first-order chi connectivity index (χ1) is 12.6. The van der Waals surface area contributed by atoms with Gasteiger partial charge in [0.05, 0.1) is 8.07 Å². The van der Waals surface area contributed by atoms with Crippen molar-refractivity contribution in [1.82, 2.24) is 0 Å². The van der Waals surface area contributed by atoms with Gasteiger partial charge >= 0.3 is 0 Å². The summed E-state index contributed by atoms with van der Waals surface area (Å²) in [4.78, 5) is 3.13. The predicted molar refractivity (Wildman–Crippen MR) is 114 cm³/mol. The minimum Gasteiger partial charge on any atom is -0.0903 e. The molecule has 26 heavy (non-hydrogen) atoms. The van der Waals surface area contributed by atoms with Crippen LogP contribution in [0.4, 0.5) is 0 Å². The van der Waals surface area contributed by atoms with Gasteiger partial charge in [0.15, 0.2) is 0 Å². The molecule has 0 saturated carbocycles. The van der Waals surface area contributed by atoms with Crippen molar-refractivity contribution in [2.75, 3.05) is 0 Å². The first kappa shape index (κ1) is 18.2. The standard InChI is InChI=1S/C22H25N3Si/c1-26(2,21-12-4-3-5-13-21)16-15-20(24-25-23)17-19-11-8-10-18-9-6-7-14-22(18)19/h3-14,20H,15-17H2,1-2H3. The van der Waals surface area contributed by atoms with Gasteiger partial charge in [0.1, 0.15) is 0 Å². The summed E-state index contributed by atoms with van der Waals surface area (Å²) < 4.78 is 0. The third-order valence-corrected chi connectivity index (χ3v) is 8.64. The Hall–Kier alpha value is -2.55. The molecule has 3 nitrogen and oxygen atoms in total. The summed E-state index contributed by atoms with van der Waals surface area (Å²) in [5, 5.41) is 8.09. The maximum atomic E-state index is 9.04. The second kappa shape index (κ2) is 8.22. The highest BCUT2D eigenvalue weighted by atomic mass is 28.3. The summed E-state index contributed by atoms with van der Waals surface area (Å²) in [5.74, 6) is 0. The summed E-state index contributed by atoms with van der Waals surface area (Å²) >= 11 is 0. The highest BCUT2D eigenvalue weighted by Crippen LogP contribution is 2.23. The lowest BCUT2D eigenvalue weighted by atomic mass is 9.98. The zero-order valence-corrected chi connectivity index (χ0v) is 16.5. The number of benzene rings is 3. The van der Waals surface area contributed by atoms with Crippen LogP contribution in [0.1, 0.15) is 12.0 Å². The minimum atomic E-state index is -1.53. The van der Waals surface area contributed by atoms with E-state index in [4.69, 9.17) is 5.53 Å². The molecule has 0 spiro atoms. The van der Waals surface area contributed by atoms with E-state index in [2.05, 4.69) is 95.9 Å². The molecule has 0 aliphatic rings. The van der Waals surface area contributed by atoms with E-state index >= 15 is 0 Å². The predicted octanol–water partition coefficient (Wildman–Crippen LogP) is 6.07. The van der Waals surface area contributed by atoms with Crippen LogP contribution in [0, 0.1) is 0 Å². The molecule has 1 unspecified atom stereocenters. The van der Waals surface area contributed by atoms with Crippen LogP contribution in [-0.2, 0) is 6.42 Å². The molecule has 0 aliphatic heterocycles. The summed E-state index contributed by atoms with van der Waals surface area (Å²) in [6.07, 6.45) is 1.73. The van der Waals surface area contributed by atoms with Gasteiger partial charge in [-0.25, -0.2) is 0 Å². The third kappa shape index (κ3) is 4.34. The van der Waals surface area contributed by atoms with Gasteiger partial charge in [-0.1, -0.05) is 102 Å². The lowest BCUT2D eigenvalue weighted by Gasteiger charge is -2.24. The van der Waals surface area contributed by atoms with Gasteiger partial charge in [0, 0.05) is 11.0 Å². The van der Waals surface area contributed by atoms with E-state index < -0.39 is 8.07 Å². The Morgan fingerprint density at radius 2 is 1.62 bits per heavy atom. The van der Waals surface area contributed by atoms with Crippen molar-refractivity contribution < 1.29 is 0 Å². The molecule has 0 N–H and O–H groups in total. The van der Waals surface area contributed by atoms with Gasteiger partial charge in [0.25, 0.3) is 0 Å². The molecule has 0 fully saturated rings. The average Bonchev–Trinajstić information content (AvgIpc) is 2.67. The first-order valence-corrected chi connectivity index (χ1v) is 12.4. The highest BCUT2D eigenvalue weighted by molar-refractivity contribution is 6.89. The van der Waals surface area contributed by atoms with E-state index in [1.54, 1.807) is 0 Å². The molecule has 132 valence electrons. The fourth-order valence-corrected chi connectivity index (χ4v) is 6.00. The summed E-state index contributed by atoms with van der Waals surface area (Å²) in [5.41, 5.74) is 10.3. The quantitative estimate of drug-likeness (QED) is 0.213. The van der Waals surface area contributed by atoms with Crippen molar-refractivity contribution in [3.8, 4) is 0 Å². The average molecular weight is 360 g/mol. The molecule has 1 atom stereocenters. The van der Waals surface area contributed by atoms with Crippen LogP contribution in [0.3, 0.4) is 0 Å². The van der Waals surface area contributed by atoms with Crippen molar-refractivity contribution in [2.45, 2.75) is 38.0 Å². The van der Waals surface area contributed by atoms with Gasteiger partial charge in [-0.05, 0) is 34.7 Å². The van der Waals surface area contributed by atoms with Crippen LogP contribution in [-0.4, -0.2) is 14.1 Å². The maximum Gasteiger partial charge on any atom is 0.0806 e. The Kier molecular flexibility index (Phi) is 5.77. The van der Waals surface area contributed by atoms with Gasteiger partial charge in [0.2, 0.25) is 0 Å². The first-order valence-electron chi connectivity index (χ1n) is 9.16. The maximum absolute atomic E-state index is 9.04. The fraction of sp³-hybridized carbons (Fsp3) is 0.273. The fourth-order valence-electron chi connectivity index (χ4n) is 3.56. The number of hydrogen-bond donors (Lipinski definition) is 0. The van der Waals surface area contributed by atoms with E-state index in [-0.39, 0.29) is 6.04 Å². The molecule has 0 saturated heterocycles. The van der Waals surface area contributed by atoms with E-state index in [9.17, 15) is 0 Å². The smallest absolute Gasteiger partial charge is 0.0806 e. The Morgan fingerprint density at radius 1 is 0.923 bits per heavy atom. The molecular weight excluding hydrogens is 334 g/mol. The van der Waals surface area contributed by atoms with Gasteiger partial charge in [-0.3, -0.25) is 0 Å². The Balaban J connectivity index is 1.76. The van der Waals surface area contributed by atoms with Gasteiger partial charge in [-0.15, -0.1) is 0 Å². The van der Waals surface area contributed by atoms with Crippen molar-refractivity contribution in [3.63, 3.8) is 0 Å². The number of azide groups is 1. The van der Waals surface area contributed by atoms with Crippen molar-refractivity contribution in [3.05, 3.63) is 88.8 Å². The van der Waals surface area contributed by atoms with Crippen LogP contribution in [0.5, 0.6) is 0 Å². The van der Waals surface area contributed by atoms with Crippen LogP contribution in [0.2, 0.25) is 19.1 Å². The second-order valence-electron chi connectivity index (χ2n) is 7.49. The Bertz CT molecular complexity index is 910. The normalized spacial score (nSPS) is 12.5. The molecule has 0 heterocycles. The number of rotatable bonds is 7. The molecule has 3 aromatic carbocycles. The van der Waals surface area contributed by atoms with Crippen molar-refractivity contribution in [1.29, 1.82) is 0 Å². The molecule has 0 amide bonds. The van der Waals surface area contributed by atoms with Gasteiger partial charge in [-0.2, -0.15) is 0 Å². The summed E-state index contributed by atoms with van der Waals surface area (Å²) in [7, 11) is -1.53. The van der Waals surface area contributed by atoms with E-state index in [0.29, 0.717) is 0 Å². The molecule has 0 bridgehead atoms. The lowest BCUT2D eigenvalue weighted by molar-refractivity contribution is 0.640. The zero-order chi connectivity index (χ0) is 18.4. The molecule has 3 rings (SSSR count). The number of hydrogen-bond acceptors (Lipinski definition) is 1. The molecule has 0 aliphatic carbocycles. The molecule has 0 aromatic heterocycles. The van der Waals surface area contributed by atoms with E-state index in [1.165, 1.54) is 21.5 Å². The van der Waals surface area contributed by atoms with Crippen LogP contribution in [0.15, 0.2) is 77.9 Å². The summed E-state index contributed by atoms with van der Waals surface area (Å²) in [6.45, 7) is 4.79.